The molecule has 2 fully saturated rings. The molecular formula is C63H88O10. The summed E-state index contributed by atoms with van der Waals surface area (Å²) in [4.78, 5) is 73.8. The Labute approximate surface area is 438 Å². The lowest BCUT2D eigenvalue weighted by Gasteiger charge is -2.36. The number of allylic oxidation sites excluding steroid dienone is 20. The first-order chi connectivity index (χ1) is 34.7. The summed E-state index contributed by atoms with van der Waals surface area (Å²) in [5, 5.41) is 0. The summed E-state index contributed by atoms with van der Waals surface area (Å²) in [6, 6.07) is 0. The molecule has 0 heterocycles. The minimum atomic E-state index is -0.879. The zero-order valence-corrected chi connectivity index (χ0v) is 46.3. The van der Waals surface area contributed by atoms with Crippen molar-refractivity contribution in [2.75, 3.05) is 20.3 Å². The van der Waals surface area contributed by atoms with Gasteiger partial charge in [-0.3, -0.25) is 24.0 Å². The Morgan fingerprint density at radius 1 is 0.534 bits per heavy atom. The number of methoxy groups -OCH3 is 1. The van der Waals surface area contributed by atoms with Gasteiger partial charge < -0.3 is 23.7 Å². The molecule has 2 atom stereocenters. The van der Waals surface area contributed by atoms with E-state index in [1.54, 1.807) is 21.0 Å². The Balaban J connectivity index is 0.00000140. The fourth-order valence-electron chi connectivity index (χ4n) is 9.80. The van der Waals surface area contributed by atoms with Crippen LogP contribution in [0.1, 0.15) is 172 Å². The van der Waals surface area contributed by atoms with Gasteiger partial charge in [-0.05, 0) is 112 Å². The number of carbonyl (C=O) groups excluding carboxylic acids is 6. The van der Waals surface area contributed by atoms with Crippen molar-refractivity contribution in [2.45, 2.75) is 184 Å². The summed E-state index contributed by atoms with van der Waals surface area (Å²) >= 11 is 0. The Morgan fingerprint density at radius 3 is 1.34 bits per heavy atom. The second kappa shape index (κ2) is 32.0. The van der Waals surface area contributed by atoms with Crippen molar-refractivity contribution in [3.63, 3.8) is 0 Å². The molecule has 0 spiro atoms. The summed E-state index contributed by atoms with van der Waals surface area (Å²) in [7, 11) is 1.80. The lowest BCUT2D eigenvalue weighted by atomic mass is 9.71. The molecule has 2 saturated carbocycles. The molecule has 2 unspecified atom stereocenters. The Bertz CT molecular complexity index is 2250. The Kier molecular flexibility index (Phi) is 27.1. The summed E-state index contributed by atoms with van der Waals surface area (Å²) in [5.41, 5.74) is 6.37. The minimum Gasteiger partial charge on any atom is -0.465 e. The van der Waals surface area contributed by atoms with E-state index >= 15 is 0 Å². The van der Waals surface area contributed by atoms with Crippen LogP contribution in [-0.4, -0.2) is 68.3 Å². The van der Waals surface area contributed by atoms with Gasteiger partial charge in [0.15, 0.2) is 23.8 Å². The van der Waals surface area contributed by atoms with E-state index in [1.165, 1.54) is 51.4 Å². The molecule has 4 aliphatic rings. The summed E-state index contributed by atoms with van der Waals surface area (Å²) < 4.78 is 21.5. The first-order valence-electron chi connectivity index (χ1n) is 26.7. The first-order valence-corrected chi connectivity index (χ1v) is 26.7. The van der Waals surface area contributed by atoms with Crippen molar-refractivity contribution in [3.8, 4) is 0 Å². The molecule has 0 radical (unpaired) electrons. The first kappa shape index (κ1) is 61.8. The fourth-order valence-corrected chi connectivity index (χ4v) is 9.80. The van der Waals surface area contributed by atoms with Crippen LogP contribution in [0.15, 0.2) is 130 Å². The van der Waals surface area contributed by atoms with Gasteiger partial charge in [-0.25, -0.2) is 0 Å². The molecule has 0 N–H and O–H groups in total. The number of ketones is 2. The maximum absolute atomic E-state index is 13.3. The van der Waals surface area contributed by atoms with Crippen LogP contribution in [-0.2, 0) is 47.7 Å². The van der Waals surface area contributed by atoms with Gasteiger partial charge in [-0.15, -0.1) is 0 Å². The Morgan fingerprint density at radius 2 is 0.918 bits per heavy atom. The van der Waals surface area contributed by atoms with E-state index < -0.39 is 35.5 Å². The van der Waals surface area contributed by atoms with Gasteiger partial charge in [0, 0.05) is 33.0 Å². The normalized spacial score (nSPS) is 22.0. The fraction of sp³-hybridized carbons (Fsp3) is 0.556. The van der Waals surface area contributed by atoms with E-state index in [1.807, 2.05) is 140 Å². The molecule has 4 aliphatic carbocycles. The number of aldehydes is 1. The molecule has 0 aromatic heterocycles. The van der Waals surface area contributed by atoms with Crippen molar-refractivity contribution in [2.24, 2.45) is 22.7 Å². The van der Waals surface area contributed by atoms with Crippen LogP contribution >= 0.6 is 0 Å². The van der Waals surface area contributed by atoms with Crippen molar-refractivity contribution in [1.82, 2.24) is 0 Å². The molecule has 73 heavy (non-hydrogen) atoms. The highest BCUT2D eigenvalue weighted by atomic mass is 16.6. The van der Waals surface area contributed by atoms with Crippen LogP contribution in [0.2, 0.25) is 0 Å². The molecule has 10 heteroatoms. The third-order valence-corrected chi connectivity index (χ3v) is 14.2. The number of ether oxygens (including phenoxy) is 4. The van der Waals surface area contributed by atoms with Crippen molar-refractivity contribution >= 4 is 35.8 Å². The van der Waals surface area contributed by atoms with Crippen LogP contribution in [0.25, 0.3) is 0 Å². The molecular weight excluding hydrogens is 917 g/mol. The van der Waals surface area contributed by atoms with Gasteiger partial charge in [0.1, 0.15) is 6.29 Å². The number of hydrogen-bond acceptors (Lipinski definition) is 10. The molecule has 0 aromatic carbocycles. The van der Waals surface area contributed by atoms with Crippen LogP contribution in [0.4, 0.5) is 0 Å². The molecule has 0 aliphatic heterocycles. The van der Waals surface area contributed by atoms with E-state index in [9.17, 15) is 28.8 Å². The average Bonchev–Trinajstić information content (AvgIpc) is 3.34. The third-order valence-electron chi connectivity index (χ3n) is 14.2. The van der Waals surface area contributed by atoms with Gasteiger partial charge in [-0.2, -0.15) is 0 Å². The maximum atomic E-state index is 13.3. The lowest BCUT2D eigenvalue weighted by molar-refractivity contribution is -0.158. The number of carbonyl (C=O) groups is 6. The zero-order valence-electron chi connectivity index (χ0n) is 46.3. The minimum absolute atomic E-state index is 0.0264. The van der Waals surface area contributed by atoms with E-state index in [0.717, 1.165) is 58.8 Å². The quantitative estimate of drug-likeness (QED) is 0.0446. The monoisotopic (exact) mass is 1000 g/mol. The topological polar surface area (TPSA) is 139 Å². The predicted molar refractivity (Wildman–Crippen MR) is 293 cm³/mol. The molecule has 0 amide bonds. The number of hydrogen-bond donors (Lipinski definition) is 0. The molecule has 0 aromatic rings. The van der Waals surface area contributed by atoms with E-state index in [4.69, 9.17) is 18.9 Å². The highest BCUT2D eigenvalue weighted by molar-refractivity contribution is 6.02. The van der Waals surface area contributed by atoms with Gasteiger partial charge in [0.25, 0.3) is 0 Å². The molecule has 0 bridgehead atoms. The van der Waals surface area contributed by atoms with E-state index in [0.29, 0.717) is 42.8 Å². The molecule has 10 nitrogen and oxygen atoms in total. The summed E-state index contributed by atoms with van der Waals surface area (Å²) in [6.07, 6.45) is 40.4. The number of Topliss-reactive ketones (excluding diaryl/α,β-unsaturated/α-hetero) is 2. The van der Waals surface area contributed by atoms with Crippen LogP contribution < -0.4 is 0 Å². The predicted octanol–water partition coefficient (Wildman–Crippen LogP) is 14.1. The molecule has 4 rings (SSSR count). The number of esters is 3. The van der Waals surface area contributed by atoms with Gasteiger partial charge in [0.05, 0.1) is 25.9 Å². The highest BCUT2D eigenvalue weighted by Gasteiger charge is 2.41. The SMILES string of the molecule is CC1=C(/C=C/C(C)=C/C=C/C(C)=C/C=C/C=C(C)/C=C/C=C(C)/C=C/C2=C(C)C(=O)C(OC(=O)CCC(=O)OCC3CCCCC3)CC2(C)C)C(C)(C)CC(OC(=O)CCC=O)C1=O.COCC1CCCCC1. The second-order valence-electron chi connectivity index (χ2n) is 21.7. The van der Waals surface area contributed by atoms with E-state index in [2.05, 4.69) is 0 Å². The third kappa shape index (κ3) is 22.7. The van der Waals surface area contributed by atoms with Crippen LogP contribution in [0, 0.1) is 22.7 Å². The highest BCUT2D eigenvalue weighted by Crippen LogP contribution is 2.42. The zero-order chi connectivity index (χ0) is 54.0. The molecule has 0 saturated heterocycles. The van der Waals surface area contributed by atoms with Crippen molar-refractivity contribution < 1.29 is 47.7 Å². The van der Waals surface area contributed by atoms with Crippen molar-refractivity contribution in [3.05, 3.63) is 130 Å². The summed E-state index contributed by atoms with van der Waals surface area (Å²) in [5.74, 6) is -0.613. The number of rotatable bonds is 22. The van der Waals surface area contributed by atoms with Crippen LogP contribution in [0.5, 0.6) is 0 Å². The second-order valence-corrected chi connectivity index (χ2v) is 21.7. The van der Waals surface area contributed by atoms with E-state index in [-0.39, 0.29) is 42.7 Å². The Hall–Kier alpha value is -5.48. The standard InChI is InChI=1S/C55H72O9.C8H16O/c1-38(21-16-23-40(3)28-30-45-42(5)52(60)47(35-54(45,7)8)63-50(58)27-18-34-56)19-14-15-20-39(2)22-17-24-41(4)29-31-46-43(6)53(61)48(36-55(46,9)10)64-51(59)33-32-49(57)62-37-44-25-12-11-13-26-44;1-9-7-8-5-3-2-4-6-8/h14-17,19-24,28-31,34,44,47-48H,11-13,18,25-27,32-33,35-37H2,1-10H3;8H,2-7H2,1H3/b15-14+,21-16+,22-17+,30-28+,31-29+,38-19+,39-20+,40-23+,41-24+;. The lowest BCUT2D eigenvalue weighted by Crippen LogP contribution is -2.39. The average molecular weight is 1010 g/mol. The summed E-state index contributed by atoms with van der Waals surface area (Å²) in [6.45, 7) is 21.2. The van der Waals surface area contributed by atoms with Crippen molar-refractivity contribution in [1.29, 1.82) is 0 Å². The van der Waals surface area contributed by atoms with Gasteiger partial charge in [0.2, 0.25) is 0 Å². The van der Waals surface area contributed by atoms with Crippen LogP contribution in [0.3, 0.4) is 0 Å². The molecule has 400 valence electrons. The smallest absolute Gasteiger partial charge is 0.307 e. The maximum Gasteiger partial charge on any atom is 0.307 e. The van der Waals surface area contributed by atoms with Gasteiger partial charge >= 0.3 is 17.9 Å². The van der Waals surface area contributed by atoms with Gasteiger partial charge in [-0.1, -0.05) is 174 Å². The largest absolute Gasteiger partial charge is 0.465 e.